The topological polar surface area (TPSA) is 66.8 Å². The minimum absolute atomic E-state index is 0.0222. The summed E-state index contributed by atoms with van der Waals surface area (Å²) < 4.78 is 18.3. The number of ether oxygens (including phenoxy) is 1. The van der Waals surface area contributed by atoms with Crippen LogP contribution in [0.2, 0.25) is 0 Å². The van der Waals surface area contributed by atoms with Crippen LogP contribution < -0.4 is 4.74 Å². The number of carbonyl (C=O) groups excluding carboxylic acids is 1. The number of carboxylic acids is 1. The van der Waals surface area contributed by atoms with E-state index in [-0.39, 0.29) is 23.8 Å². The lowest BCUT2D eigenvalue weighted by Crippen LogP contribution is -2.30. The molecule has 112 valence electrons. The quantitative estimate of drug-likeness (QED) is 0.905. The number of hydrogen-bond donors (Lipinski definition) is 1. The van der Waals surface area contributed by atoms with Crippen LogP contribution in [0.3, 0.4) is 0 Å². The molecule has 2 rings (SSSR count). The normalized spacial score (nSPS) is 13.7. The highest BCUT2D eigenvalue weighted by molar-refractivity contribution is 5.91. The molecule has 1 aromatic carbocycles. The second-order valence-electron chi connectivity index (χ2n) is 4.77. The molecular weight excluding hydrogens is 277 g/mol. The van der Waals surface area contributed by atoms with Crippen molar-refractivity contribution in [2.75, 3.05) is 13.7 Å². The monoisotopic (exact) mass is 293 g/mol. The van der Waals surface area contributed by atoms with Crippen LogP contribution in [0.15, 0.2) is 30.0 Å². The number of amides is 1. The fourth-order valence-corrected chi connectivity index (χ4v) is 2.15. The summed E-state index contributed by atoms with van der Waals surface area (Å²) in [5.74, 6) is -2.27. The van der Waals surface area contributed by atoms with Gasteiger partial charge in [-0.3, -0.25) is 4.79 Å². The lowest BCUT2D eigenvalue weighted by Gasteiger charge is -2.19. The minimum Gasteiger partial charge on any atom is -0.483 e. The molecule has 1 N–H and O–H groups in total. The number of carboxylic acid groups (broad SMARTS) is 1. The van der Waals surface area contributed by atoms with Crippen molar-refractivity contribution in [2.45, 2.75) is 19.3 Å². The standard InChI is InChI=1S/C15H16FNO4/c1-17(11-4-2-3-5-11)14(18)9-21-13-7-6-10(16)8-12(13)15(19)20/h4,6-8H,2-3,5,9H2,1H3,(H,19,20). The van der Waals surface area contributed by atoms with Crippen LogP contribution in [-0.2, 0) is 4.79 Å². The Morgan fingerprint density at radius 1 is 1.43 bits per heavy atom. The first-order chi connectivity index (χ1) is 9.99. The first-order valence-corrected chi connectivity index (χ1v) is 6.60. The van der Waals surface area contributed by atoms with Crippen molar-refractivity contribution in [2.24, 2.45) is 0 Å². The van der Waals surface area contributed by atoms with Crippen molar-refractivity contribution in [3.05, 3.63) is 41.4 Å². The molecule has 1 amide bonds. The molecule has 0 saturated carbocycles. The lowest BCUT2D eigenvalue weighted by atomic mass is 10.2. The van der Waals surface area contributed by atoms with Crippen LogP contribution in [0.5, 0.6) is 5.75 Å². The molecule has 0 aliphatic heterocycles. The van der Waals surface area contributed by atoms with E-state index in [0.29, 0.717) is 0 Å². The molecule has 0 unspecified atom stereocenters. The van der Waals surface area contributed by atoms with Crippen LogP contribution in [0.4, 0.5) is 4.39 Å². The molecule has 0 fully saturated rings. The van der Waals surface area contributed by atoms with Gasteiger partial charge in [-0.2, -0.15) is 0 Å². The van der Waals surface area contributed by atoms with Gasteiger partial charge in [0, 0.05) is 12.7 Å². The van der Waals surface area contributed by atoms with Gasteiger partial charge in [0.1, 0.15) is 17.1 Å². The van der Waals surface area contributed by atoms with Gasteiger partial charge in [-0.25, -0.2) is 9.18 Å². The second-order valence-corrected chi connectivity index (χ2v) is 4.77. The minimum atomic E-state index is -1.30. The van der Waals surface area contributed by atoms with Gasteiger partial charge >= 0.3 is 5.97 Å². The van der Waals surface area contributed by atoms with E-state index in [1.165, 1.54) is 11.0 Å². The number of benzene rings is 1. The van der Waals surface area contributed by atoms with Crippen LogP contribution in [0.25, 0.3) is 0 Å². The molecule has 6 heteroatoms. The largest absolute Gasteiger partial charge is 0.483 e. The van der Waals surface area contributed by atoms with E-state index in [4.69, 9.17) is 9.84 Å². The predicted octanol–water partition coefficient (Wildman–Crippen LogP) is 2.43. The van der Waals surface area contributed by atoms with Gasteiger partial charge in [0.05, 0.1) is 0 Å². The third-order valence-corrected chi connectivity index (χ3v) is 3.35. The fraction of sp³-hybridized carbons (Fsp3) is 0.333. The SMILES string of the molecule is CN(C(=O)COc1ccc(F)cc1C(=O)O)C1=CCCC1. The van der Waals surface area contributed by atoms with Crippen molar-refractivity contribution in [3.8, 4) is 5.75 Å². The van der Waals surface area contributed by atoms with Crippen molar-refractivity contribution in [3.63, 3.8) is 0 Å². The van der Waals surface area contributed by atoms with E-state index in [1.54, 1.807) is 7.05 Å². The lowest BCUT2D eigenvalue weighted by molar-refractivity contribution is -0.130. The van der Waals surface area contributed by atoms with Gasteiger partial charge in [-0.15, -0.1) is 0 Å². The summed E-state index contributed by atoms with van der Waals surface area (Å²) in [6.45, 7) is -0.292. The van der Waals surface area contributed by atoms with Crippen LogP contribution in [0, 0.1) is 5.82 Å². The number of likely N-dealkylation sites (N-methyl/N-ethyl adjacent to an activating group) is 1. The number of aromatic carboxylic acids is 1. The molecule has 5 nitrogen and oxygen atoms in total. The molecular formula is C15H16FNO4. The maximum absolute atomic E-state index is 13.0. The first kappa shape index (κ1) is 15.0. The third-order valence-electron chi connectivity index (χ3n) is 3.35. The highest BCUT2D eigenvalue weighted by atomic mass is 19.1. The van der Waals surface area contributed by atoms with E-state index in [2.05, 4.69) is 0 Å². The first-order valence-electron chi connectivity index (χ1n) is 6.60. The molecule has 1 aliphatic rings. The zero-order valence-electron chi connectivity index (χ0n) is 11.6. The molecule has 0 spiro atoms. The average Bonchev–Trinajstić information content (AvgIpc) is 2.98. The maximum Gasteiger partial charge on any atom is 0.339 e. The molecule has 0 aromatic heterocycles. The van der Waals surface area contributed by atoms with Crippen LogP contribution in [0.1, 0.15) is 29.6 Å². The Morgan fingerprint density at radius 3 is 2.81 bits per heavy atom. The third kappa shape index (κ3) is 3.59. The summed E-state index contributed by atoms with van der Waals surface area (Å²) in [7, 11) is 1.66. The molecule has 0 radical (unpaired) electrons. The summed E-state index contributed by atoms with van der Waals surface area (Å²) in [4.78, 5) is 24.5. The number of nitrogens with zero attached hydrogens (tertiary/aromatic N) is 1. The molecule has 1 aliphatic carbocycles. The Balaban J connectivity index is 2.02. The Labute approximate surface area is 121 Å². The zero-order valence-corrected chi connectivity index (χ0v) is 11.6. The summed E-state index contributed by atoms with van der Waals surface area (Å²) >= 11 is 0. The van der Waals surface area contributed by atoms with Crippen molar-refractivity contribution >= 4 is 11.9 Å². The number of halogens is 1. The van der Waals surface area contributed by atoms with E-state index in [0.717, 1.165) is 37.1 Å². The molecule has 1 aromatic rings. The fourth-order valence-electron chi connectivity index (χ4n) is 2.15. The number of hydrogen-bond acceptors (Lipinski definition) is 3. The smallest absolute Gasteiger partial charge is 0.339 e. The van der Waals surface area contributed by atoms with Gasteiger partial charge in [0.2, 0.25) is 0 Å². The summed E-state index contributed by atoms with van der Waals surface area (Å²) in [6.07, 6.45) is 4.82. The highest BCUT2D eigenvalue weighted by Gasteiger charge is 2.18. The van der Waals surface area contributed by atoms with Crippen molar-refractivity contribution in [1.29, 1.82) is 0 Å². The van der Waals surface area contributed by atoms with Crippen molar-refractivity contribution < 1.29 is 23.8 Å². The summed E-state index contributed by atoms with van der Waals surface area (Å²) in [5.41, 5.74) is 0.645. The molecule has 21 heavy (non-hydrogen) atoms. The predicted molar refractivity (Wildman–Crippen MR) is 73.6 cm³/mol. The van der Waals surface area contributed by atoms with Gasteiger partial charge in [0.15, 0.2) is 6.61 Å². The van der Waals surface area contributed by atoms with Crippen molar-refractivity contribution in [1.82, 2.24) is 4.90 Å². The molecule has 0 saturated heterocycles. The van der Waals surface area contributed by atoms with Gasteiger partial charge in [-0.05, 0) is 37.5 Å². The van der Waals surface area contributed by atoms with E-state index in [1.807, 2.05) is 6.08 Å². The summed E-state index contributed by atoms with van der Waals surface area (Å²) in [5, 5.41) is 8.99. The molecule has 0 heterocycles. The Hall–Kier alpha value is -2.37. The van der Waals surface area contributed by atoms with E-state index < -0.39 is 11.8 Å². The Morgan fingerprint density at radius 2 is 2.19 bits per heavy atom. The zero-order chi connectivity index (χ0) is 15.4. The van der Waals surface area contributed by atoms with Crippen LogP contribution >= 0.6 is 0 Å². The Kier molecular flexibility index (Phi) is 4.57. The second kappa shape index (κ2) is 6.39. The average molecular weight is 293 g/mol. The van der Waals surface area contributed by atoms with Gasteiger partial charge in [-0.1, -0.05) is 6.08 Å². The molecule has 0 bridgehead atoms. The number of allylic oxidation sites excluding steroid dienone is 2. The molecule has 0 atom stereocenters. The Bertz CT molecular complexity index is 597. The maximum atomic E-state index is 13.0. The van der Waals surface area contributed by atoms with E-state index >= 15 is 0 Å². The summed E-state index contributed by atoms with van der Waals surface area (Å²) in [6, 6.07) is 3.17. The number of rotatable bonds is 5. The number of carbonyl (C=O) groups is 2. The van der Waals surface area contributed by atoms with Gasteiger partial charge in [0.25, 0.3) is 5.91 Å². The van der Waals surface area contributed by atoms with Gasteiger partial charge < -0.3 is 14.7 Å². The van der Waals surface area contributed by atoms with E-state index in [9.17, 15) is 14.0 Å². The van der Waals surface area contributed by atoms with Crippen LogP contribution in [-0.4, -0.2) is 35.5 Å². The highest BCUT2D eigenvalue weighted by Crippen LogP contribution is 2.22.